The van der Waals surface area contributed by atoms with Crippen molar-refractivity contribution in [1.82, 2.24) is 9.38 Å². The van der Waals surface area contributed by atoms with Gasteiger partial charge in [-0.05, 0) is 30.2 Å². The second-order valence-corrected chi connectivity index (χ2v) is 5.61. The molecule has 0 atom stereocenters. The molecular formula is C13H10Cl2N2S. The molecule has 2 heterocycles. The van der Waals surface area contributed by atoms with Crippen molar-refractivity contribution in [3.05, 3.63) is 46.1 Å². The first-order valence-corrected chi connectivity index (χ1v) is 7.26. The molecule has 0 bridgehead atoms. The van der Waals surface area contributed by atoms with Crippen LogP contribution < -0.4 is 0 Å². The number of rotatable bonds is 2. The number of thiazole rings is 1. The Balaban J connectivity index is 2.18. The number of fused-ring (bicyclic) bond motifs is 1. The van der Waals surface area contributed by atoms with E-state index in [9.17, 15) is 0 Å². The molecule has 0 aliphatic heterocycles. The SMILES string of the molecule is Cc1cc(-c2csc3nc(CCl)cn23)ccc1Cl. The average Bonchev–Trinajstić information content (AvgIpc) is 2.92. The Hall–Kier alpha value is -1.03. The lowest BCUT2D eigenvalue weighted by atomic mass is 10.1. The van der Waals surface area contributed by atoms with Gasteiger partial charge in [-0.15, -0.1) is 22.9 Å². The van der Waals surface area contributed by atoms with Crippen molar-refractivity contribution in [2.45, 2.75) is 12.8 Å². The van der Waals surface area contributed by atoms with Gasteiger partial charge in [-0.3, -0.25) is 4.40 Å². The van der Waals surface area contributed by atoms with Gasteiger partial charge in [-0.25, -0.2) is 4.98 Å². The lowest BCUT2D eigenvalue weighted by Gasteiger charge is -2.03. The number of imidazole rings is 1. The van der Waals surface area contributed by atoms with E-state index in [0.29, 0.717) is 5.88 Å². The fourth-order valence-corrected chi connectivity index (χ4v) is 3.05. The van der Waals surface area contributed by atoms with Gasteiger partial charge in [0.2, 0.25) is 0 Å². The molecule has 0 aliphatic rings. The predicted molar refractivity (Wildman–Crippen MR) is 77.8 cm³/mol. The molecule has 0 amide bonds. The van der Waals surface area contributed by atoms with Crippen molar-refractivity contribution in [3.8, 4) is 11.3 Å². The maximum Gasteiger partial charge on any atom is 0.194 e. The van der Waals surface area contributed by atoms with Crippen molar-refractivity contribution in [2.24, 2.45) is 0 Å². The van der Waals surface area contributed by atoms with Crippen LogP contribution in [0.4, 0.5) is 0 Å². The minimum atomic E-state index is 0.438. The molecule has 5 heteroatoms. The van der Waals surface area contributed by atoms with E-state index in [0.717, 1.165) is 32.5 Å². The molecule has 2 nitrogen and oxygen atoms in total. The lowest BCUT2D eigenvalue weighted by molar-refractivity contribution is 1.21. The largest absolute Gasteiger partial charge is 0.290 e. The summed E-state index contributed by atoms with van der Waals surface area (Å²) < 4.78 is 2.07. The first-order chi connectivity index (χ1) is 8.69. The number of hydrogen-bond donors (Lipinski definition) is 0. The van der Waals surface area contributed by atoms with Crippen LogP contribution in [0, 0.1) is 6.92 Å². The standard InChI is InChI=1S/C13H10Cl2N2S/c1-8-4-9(2-3-11(8)15)12-7-18-13-16-10(5-14)6-17(12)13/h2-4,6-7H,5H2,1H3. The van der Waals surface area contributed by atoms with Gasteiger partial charge in [-0.1, -0.05) is 17.7 Å². The summed E-state index contributed by atoms with van der Waals surface area (Å²) >= 11 is 13.5. The van der Waals surface area contributed by atoms with Gasteiger partial charge in [-0.2, -0.15) is 0 Å². The highest BCUT2D eigenvalue weighted by Gasteiger charge is 2.10. The Labute approximate surface area is 119 Å². The number of halogens is 2. The molecule has 92 valence electrons. The number of alkyl halides is 1. The van der Waals surface area contributed by atoms with Gasteiger partial charge >= 0.3 is 0 Å². The van der Waals surface area contributed by atoms with E-state index >= 15 is 0 Å². The van der Waals surface area contributed by atoms with Crippen LogP contribution in [-0.4, -0.2) is 9.38 Å². The van der Waals surface area contributed by atoms with Gasteiger partial charge in [0.05, 0.1) is 17.3 Å². The summed E-state index contributed by atoms with van der Waals surface area (Å²) in [6, 6.07) is 6.04. The van der Waals surface area contributed by atoms with Gasteiger partial charge in [0.1, 0.15) is 0 Å². The molecule has 1 aromatic carbocycles. The summed E-state index contributed by atoms with van der Waals surface area (Å²) in [7, 11) is 0. The molecule has 2 aromatic heterocycles. The number of benzene rings is 1. The van der Waals surface area contributed by atoms with Crippen molar-refractivity contribution in [3.63, 3.8) is 0 Å². The zero-order valence-corrected chi connectivity index (χ0v) is 12.0. The Morgan fingerprint density at radius 3 is 2.94 bits per heavy atom. The summed E-state index contributed by atoms with van der Waals surface area (Å²) in [6.07, 6.45) is 1.98. The van der Waals surface area contributed by atoms with E-state index in [-0.39, 0.29) is 0 Å². The Morgan fingerprint density at radius 1 is 1.39 bits per heavy atom. The van der Waals surface area contributed by atoms with E-state index in [1.807, 2.05) is 25.3 Å². The topological polar surface area (TPSA) is 17.3 Å². The molecule has 0 saturated heterocycles. The smallest absolute Gasteiger partial charge is 0.194 e. The molecule has 18 heavy (non-hydrogen) atoms. The first kappa shape index (κ1) is 12.0. The van der Waals surface area contributed by atoms with E-state index in [4.69, 9.17) is 23.2 Å². The second kappa shape index (κ2) is 4.57. The Kier molecular flexibility index (Phi) is 3.06. The number of aromatic nitrogens is 2. The zero-order valence-electron chi connectivity index (χ0n) is 9.65. The van der Waals surface area contributed by atoms with Crippen LogP contribution in [0.15, 0.2) is 29.8 Å². The molecule has 0 unspecified atom stereocenters. The quantitative estimate of drug-likeness (QED) is 0.623. The summed E-state index contributed by atoms with van der Waals surface area (Å²) in [5, 5.41) is 2.89. The molecule has 0 saturated carbocycles. The Bertz CT molecular complexity index is 715. The third-order valence-electron chi connectivity index (χ3n) is 2.85. The number of aryl methyl sites for hydroxylation is 1. The first-order valence-electron chi connectivity index (χ1n) is 5.47. The molecule has 0 spiro atoms. The van der Waals surface area contributed by atoms with E-state index in [1.54, 1.807) is 11.3 Å². The molecule has 0 N–H and O–H groups in total. The predicted octanol–water partition coefficient (Wildman–Crippen LogP) is 4.76. The average molecular weight is 297 g/mol. The van der Waals surface area contributed by atoms with E-state index in [1.165, 1.54) is 0 Å². The molecule has 3 aromatic rings. The maximum absolute atomic E-state index is 6.05. The maximum atomic E-state index is 6.05. The van der Waals surface area contributed by atoms with Crippen LogP contribution in [0.2, 0.25) is 5.02 Å². The highest BCUT2D eigenvalue weighted by Crippen LogP contribution is 2.29. The summed E-state index contributed by atoms with van der Waals surface area (Å²) in [5.74, 6) is 0.438. The van der Waals surface area contributed by atoms with Crippen LogP contribution in [0.3, 0.4) is 0 Å². The normalized spacial score (nSPS) is 11.3. The Morgan fingerprint density at radius 2 is 2.22 bits per heavy atom. The molecule has 0 radical (unpaired) electrons. The highest BCUT2D eigenvalue weighted by molar-refractivity contribution is 7.15. The van der Waals surface area contributed by atoms with Crippen LogP contribution in [0.25, 0.3) is 16.2 Å². The fourth-order valence-electron chi connectivity index (χ4n) is 1.91. The lowest BCUT2D eigenvalue weighted by Crippen LogP contribution is -1.85. The third-order valence-corrected chi connectivity index (χ3v) is 4.39. The van der Waals surface area contributed by atoms with Crippen LogP contribution in [-0.2, 0) is 5.88 Å². The van der Waals surface area contributed by atoms with Crippen molar-refractivity contribution < 1.29 is 0 Å². The third kappa shape index (κ3) is 1.92. The van der Waals surface area contributed by atoms with Crippen molar-refractivity contribution >= 4 is 39.5 Å². The van der Waals surface area contributed by atoms with E-state index in [2.05, 4.69) is 20.8 Å². The minimum absolute atomic E-state index is 0.438. The molecule has 3 rings (SSSR count). The zero-order chi connectivity index (χ0) is 12.7. The minimum Gasteiger partial charge on any atom is -0.290 e. The van der Waals surface area contributed by atoms with Crippen LogP contribution >= 0.6 is 34.5 Å². The van der Waals surface area contributed by atoms with Gasteiger partial charge in [0.15, 0.2) is 4.96 Å². The number of nitrogens with zero attached hydrogens (tertiary/aromatic N) is 2. The molecule has 0 fully saturated rings. The van der Waals surface area contributed by atoms with Gasteiger partial charge < -0.3 is 0 Å². The summed E-state index contributed by atoms with van der Waals surface area (Å²) in [4.78, 5) is 5.41. The van der Waals surface area contributed by atoms with Crippen LogP contribution in [0.5, 0.6) is 0 Å². The van der Waals surface area contributed by atoms with Crippen LogP contribution in [0.1, 0.15) is 11.3 Å². The second-order valence-electron chi connectivity index (χ2n) is 4.10. The van der Waals surface area contributed by atoms with Crippen molar-refractivity contribution in [2.75, 3.05) is 0 Å². The highest BCUT2D eigenvalue weighted by atomic mass is 35.5. The molecular weight excluding hydrogens is 287 g/mol. The fraction of sp³-hybridized carbons (Fsp3) is 0.154. The van der Waals surface area contributed by atoms with E-state index < -0.39 is 0 Å². The van der Waals surface area contributed by atoms with Crippen molar-refractivity contribution in [1.29, 1.82) is 0 Å². The summed E-state index contributed by atoms with van der Waals surface area (Å²) in [6.45, 7) is 2.01. The van der Waals surface area contributed by atoms with Gasteiger partial charge in [0.25, 0.3) is 0 Å². The summed E-state index contributed by atoms with van der Waals surface area (Å²) in [5.41, 5.74) is 4.24. The monoisotopic (exact) mass is 296 g/mol. The molecule has 0 aliphatic carbocycles. The van der Waals surface area contributed by atoms with Gasteiger partial charge in [0, 0.05) is 16.6 Å². The number of hydrogen-bond acceptors (Lipinski definition) is 2.